The molecule has 3 heterocycles. The number of anilines is 1. The minimum Gasteiger partial charge on any atom is -0.399 e. The van der Waals surface area contributed by atoms with Gasteiger partial charge in [0.1, 0.15) is 0 Å². The first-order chi connectivity index (χ1) is 16.5. The van der Waals surface area contributed by atoms with E-state index in [1.165, 1.54) is 6.92 Å². The van der Waals surface area contributed by atoms with Crippen LogP contribution < -0.4 is 21.4 Å². The third-order valence-corrected chi connectivity index (χ3v) is 7.36. The first-order valence-corrected chi connectivity index (χ1v) is 12.4. The van der Waals surface area contributed by atoms with E-state index in [1.807, 2.05) is 50.6 Å². The molecule has 0 spiro atoms. The number of halogens is 1. The summed E-state index contributed by atoms with van der Waals surface area (Å²) >= 11 is 6.68. The molecule has 2 aliphatic heterocycles. The van der Waals surface area contributed by atoms with Crippen molar-refractivity contribution in [2.45, 2.75) is 71.2 Å². The molecule has 2 aliphatic rings. The van der Waals surface area contributed by atoms with E-state index in [0.717, 1.165) is 25.1 Å². The highest BCUT2D eigenvalue weighted by atomic mass is 35.5. The van der Waals surface area contributed by atoms with Crippen LogP contribution in [0.4, 0.5) is 5.69 Å². The summed E-state index contributed by atoms with van der Waals surface area (Å²) in [5.74, 6) is -0.391. The van der Waals surface area contributed by atoms with E-state index < -0.39 is 18.3 Å². The Hall–Kier alpha value is -2.40. The Morgan fingerprint density at radius 1 is 1.20 bits per heavy atom. The minimum absolute atomic E-state index is 0.0550. The Morgan fingerprint density at radius 3 is 2.60 bits per heavy atom. The fourth-order valence-electron chi connectivity index (χ4n) is 4.27. The number of amides is 2. The number of carbonyl (C=O) groups is 2. The number of aryl methyl sites for hydroxylation is 1. The number of aromatic nitrogens is 2. The van der Waals surface area contributed by atoms with E-state index in [-0.39, 0.29) is 17.9 Å². The van der Waals surface area contributed by atoms with Crippen molar-refractivity contribution < 1.29 is 18.9 Å². The van der Waals surface area contributed by atoms with Crippen LogP contribution in [0.2, 0.25) is 5.02 Å². The topological polar surface area (TPSA) is 107 Å². The predicted molar refractivity (Wildman–Crippen MR) is 136 cm³/mol. The van der Waals surface area contributed by atoms with Crippen LogP contribution in [0.15, 0.2) is 24.3 Å². The molecule has 9 nitrogen and oxygen atoms in total. The summed E-state index contributed by atoms with van der Waals surface area (Å²) in [5.41, 5.74) is 1.43. The quantitative estimate of drug-likeness (QED) is 0.398. The Balaban J connectivity index is 1.46. The summed E-state index contributed by atoms with van der Waals surface area (Å²) in [5, 5.41) is 14.0. The maximum absolute atomic E-state index is 13.1. The first-order valence-electron chi connectivity index (χ1n) is 12.0. The van der Waals surface area contributed by atoms with Crippen LogP contribution in [-0.4, -0.2) is 53.0 Å². The van der Waals surface area contributed by atoms with Crippen LogP contribution in [0.25, 0.3) is 0 Å². The number of fused-ring (bicyclic) bond motifs is 1. The van der Waals surface area contributed by atoms with E-state index in [9.17, 15) is 9.59 Å². The largest absolute Gasteiger partial charge is 0.496 e. The SMILES string of the molecule is CC(=O)NCCN[C@H]1CCCn2nc(C(=O)Nc3cccc(B4OC(C)(C)C(C)(C)O4)c3Cl)cc21. The van der Waals surface area contributed by atoms with Crippen LogP contribution in [-0.2, 0) is 20.6 Å². The number of hydrogen-bond acceptors (Lipinski definition) is 6. The van der Waals surface area contributed by atoms with Gasteiger partial charge in [-0.2, -0.15) is 5.10 Å². The van der Waals surface area contributed by atoms with Gasteiger partial charge in [-0.15, -0.1) is 0 Å². The molecule has 35 heavy (non-hydrogen) atoms. The second kappa shape index (κ2) is 9.93. The van der Waals surface area contributed by atoms with Gasteiger partial charge in [-0.05, 0) is 52.7 Å². The Labute approximate surface area is 211 Å². The Morgan fingerprint density at radius 2 is 1.91 bits per heavy atom. The van der Waals surface area contributed by atoms with E-state index in [0.29, 0.717) is 35.0 Å². The molecule has 188 valence electrons. The van der Waals surface area contributed by atoms with Crippen LogP contribution in [0.5, 0.6) is 0 Å². The average Bonchev–Trinajstić information content (AvgIpc) is 3.31. The molecule has 1 atom stereocenters. The molecule has 1 aromatic heterocycles. The lowest BCUT2D eigenvalue weighted by Gasteiger charge is -2.32. The zero-order valence-corrected chi connectivity index (χ0v) is 21.7. The van der Waals surface area contributed by atoms with Crippen molar-refractivity contribution in [3.63, 3.8) is 0 Å². The van der Waals surface area contributed by atoms with E-state index in [1.54, 1.807) is 6.07 Å². The standard InChI is InChI=1S/C24H33BClN5O4/c1-15(32)27-11-12-28-17-10-7-13-31-20(17)14-19(30-31)22(33)29-18-9-6-8-16(21(18)26)25-34-23(2,3)24(4,5)35-25/h6,8-9,14,17,28H,7,10-13H2,1-5H3,(H,27,32)(H,29,33)/t17-/m0/s1. The molecular formula is C24H33BClN5O4. The van der Waals surface area contributed by atoms with Crippen molar-refractivity contribution in [2.75, 3.05) is 18.4 Å². The molecular weight excluding hydrogens is 469 g/mol. The van der Waals surface area contributed by atoms with Crippen LogP contribution in [0.1, 0.15) is 69.7 Å². The number of nitrogens with zero attached hydrogens (tertiary/aromatic N) is 2. The van der Waals surface area contributed by atoms with Gasteiger partial charge in [0.2, 0.25) is 5.91 Å². The van der Waals surface area contributed by atoms with Crippen LogP contribution in [0.3, 0.4) is 0 Å². The molecule has 3 N–H and O–H groups in total. The van der Waals surface area contributed by atoms with E-state index in [4.69, 9.17) is 20.9 Å². The smallest absolute Gasteiger partial charge is 0.399 e. The fourth-order valence-corrected chi connectivity index (χ4v) is 4.53. The molecule has 1 fully saturated rings. The highest BCUT2D eigenvalue weighted by Crippen LogP contribution is 2.37. The molecule has 1 saturated heterocycles. The molecule has 0 aliphatic carbocycles. The molecule has 0 bridgehead atoms. The molecule has 0 saturated carbocycles. The maximum Gasteiger partial charge on any atom is 0.496 e. The van der Waals surface area contributed by atoms with Gasteiger partial charge in [-0.3, -0.25) is 14.3 Å². The van der Waals surface area contributed by atoms with Crippen molar-refractivity contribution in [1.82, 2.24) is 20.4 Å². The first kappa shape index (κ1) is 25.7. The molecule has 1 aromatic carbocycles. The van der Waals surface area contributed by atoms with Gasteiger partial charge >= 0.3 is 7.12 Å². The summed E-state index contributed by atoms with van der Waals surface area (Å²) < 4.78 is 14.1. The zero-order chi connectivity index (χ0) is 25.4. The van der Waals surface area contributed by atoms with Crippen molar-refractivity contribution in [2.24, 2.45) is 0 Å². The normalized spacial score (nSPS) is 20.4. The second-order valence-electron chi connectivity index (χ2n) is 10.1. The summed E-state index contributed by atoms with van der Waals surface area (Å²) in [6.45, 7) is 11.4. The van der Waals surface area contributed by atoms with Crippen molar-refractivity contribution >= 4 is 41.7 Å². The molecule has 11 heteroatoms. The van der Waals surface area contributed by atoms with Gasteiger partial charge in [0.25, 0.3) is 5.91 Å². The number of carbonyl (C=O) groups excluding carboxylic acids is 2. The lowest BCUT2D eigenvalue weighted by atomic mass is 9.79. The number of benzene rings is 1. The summed E-state index contributed by atoms with van der Waals surface area (Å²) in [4.78, 5) is 24.2. The van der Waals surface area contributed by atoms with Gasteiger partial charge in [-0.1, -0.05) is 23.7 Å². The Bertz CT molecular complexity index is 1100. The van der Waals surface area contributed by atoms with Crippen molar-refractivity contribution in [3.05, 3.63) is 40.7 Å². The lowest BCUT2D eigenvalue weighted by Crippen LogP contribution is -2.41. The van der Waals surface area contributed by atoms with Gasteiger partial charge in [-0.25, -0.2) is 0 Å². The fraction of sp³-hybridized carbons (Fsp3) is 0.542. The third kappa shape index (κ3) is 5.40. The highest BCUT2D eigenvalue weighted by molar-refractivity contribution is 6.66. The highest BCUT2D eigenvalue weighted by Gasteiger charge is 2.52. The van der Waals surface area contributed by atoms with Crippen LogP contribution >= 0.6 is 11.6 Å². The zero-order valence-electron chi connectivity index (χ0n) is 20.9. The molecule has 0 radical (unpaired) electrons. The number of hydrogen-bond donors (Lipinski definition) is 3. The third-order valence-electron chi connectivity index (χ3n) is 6.94. The van der Waals surface area contributed by atoms with Gasteiger partial charge in [0.15, 0.2) is 5.69 Å². The molecule has 0 unspecified atom stereocenters. The summed E-state index contributed by atoms with van der Waals surface area (Å²) in [6, 6.07) is 7.29. The monoisotopic (exact) mass is 501 g/mol. The minimum atomic E-state index is -0.631. The molecule has 2 aromatic rings. The van der Waals surface area contributed by atoms with Crippen molar-refractivity contribution in [1.29, 1.82) is 0 Å². The van der Waals surface area contributed by atoms with Crippen molar-refractivity contribution in [3.8, 4) is 0 Å². The van der Waals surface area contributed by atoms with Crippen LogP contribution in [0, 0.1) is 0 Å². The summed E-state index contributed by atoms with van der Waals surface area (Å²) in [6.07, 6.45) is 1.89. The van der Waals surface area contributed by atoms with Gasteiger partial charge < -0.3 is 25.3 Å². The molecule has 2 amide bonds. The maximum atomic E-state index is 13.1. The molecule has 4 rings (SSSR count). The second-order valence-corrected chi connectivity index (χ2v) is 10.4. The lowest BCUT2D eigenvalue weighted by molar-refractivity contribution is -0.118. The van der Waals surface area contributed by atoms with E-state index in [2.05, 4.69) is 21.0 Å². The van der Waals surface area contributed by atoms with Gasteiger partial charge in [0.05, 0.1) is 27.6 Å². The van der Waals surface area contributed by atoms with E-state index >= 15 is 0 Å². The Kier molecular flexibility index (Phi) is 7.29. The number of nitrogens with one attached hydrogen (secondary N) is 3. The van der Waals surface area contributed by atoms with Gasteiger partial charge in [0, 0.05) is 38.1 Å². The predicted octanol–water partition coefficient (Wildman–Crippen LogP) is 2.65. The average molecular weight is 502 g/mol. The summed E-state index contributed by atoms with van der Waals surface area (Å²) in [7, 11) is -0.631. The number of rotatable bonds is 7.